The first-order valence-electron chi connectivity index (χ1n) is 24.8. The average Bonchev–Trinajstić information content (AvgIpc) is 3.29. The molecule has 2 aromatic rings. The number of nitrogens with one attached hydrogen (secondary N) is 2. The van der Waals surface area contributed by atoms with Crippen molar-refractivity contribution in [1.29, 1.82) is 0 Å². The molecule has 16 heteroatoms. The van der Waals surface area contributed by atoms with E-state index < -0.39 is 53.3 Å². The summed E-state index contributed by atoms with van der Waals surface area (Å²) in [4.78, 5) is 97.0. The van der Waals surface area contributed by atoms with Crippen LogP contribution in [0.4, 0.5) is 14.0 Å². The van der Waals surface area contributed by atoms with E-state index in [1.54, 1.807) is 48.5 Å². The SMILES string of the molecule is CC.COC(=O)[C@@H](CCCC(=O)CNC(=O)OC(C)(C)C)CC(C)C.COC(=O)[C@H](CC(C)C)N(CCC(=O)CNC(=O)OC(C)(C)C)C(=O)[C@@H](C)Cc1ccccc1.C[C@@H](Cc1ccccc1)C(=O)F. The molecule has 0 bridgehead atoms. The van der Waals surface area contributed by atoms with Crippen molar-refractivity contribution in [2.24, 2.45) is 29.6 Å². The number of amides is 3. The van der Waals surface area contributed by atoms with E-state index >= 15 is 0 Å². The highest BCUT2D eigenvalue weighted by Crippen LogP contribution is 2.21. The van der Waals surface area contributed by atoms with Gasteiger partial charge in [-0.2, -0.15) is 4.39 Å². The third kappa shape index (κ3) is 34.3. The summed E-state index contributed by atoms with van der Waals surface area (Å²) in [6.45, 7) is 25.7. The molecule has 0 radical (unpaired) electrons. The van der Waals surface area contributed by atoms with Crippen LogP contribution in [-0.4, -0.2) is 104 Å². The highest BCUT2D eigenvalue weighted by atomic mass is 19.1. The maximum Gasteiger partial charge on any atom is 0.408 e. The van der Waals surface area contributed by atoms with Gasteiger partial charge in [0.1, 0.15) is 17.2 Å². The molecule has 0 aliphatic heterocycles. The van der Waals surface area contributed by atoms with Gasteiger partial charge in [-0.15, -0.1) is 0 Å². The van der Waals surface area contributed by atoms with Crippen LogP contribution in [0.1, 0.15) is 147 Å². The zero-order chi connectivity index (χ0) is 54.9. The van der Waals surface area contributed by atoms with Crippen molar-refractivity contribution >= 4 is 47.6 Å². The van der Waals surface area contributed by atoms with Gasteiger partial charge in [0, 0.05) is 25.3 Å². The summed E-state index contributed by atoms with van der Waals surface area (Å²) >= 11 is 0. The Morgan fingerprint density at radius 2 is 1.00 bits per heavy atom. The lowest BCUT2D eigenvalue weighted by Gasteiger charge is -2.33. The lowest BCUT2D eigenvalue weighted by molar-refractivity contribution is -0.155. The molecule has 0 unspecified atom stereocenters. The van der Waals surface area contributed by atoms with E-state index in [-0.39, 0.29) is 61.3 Å². The summed E-state index contributed by atoms with van der Waals surface area (Å²) < 4.78 is 32.1. The van der Waals surface area contributed by atoms with Gasteiger partial charge in [-0.1, -0.05) is 116 Å². The Morgan fingerprint density at radius 3 is 1.38 bits per heavy atom. The summed E-state index contributed by atoms with van der Waals surface area (Å²) in [5.74, 6) is -1.86. The fourth-order valence-corrected chi connectivity index (χ4v) is 6.74. The Hall–Kier alpha value is -5.67. The minimum Gasteiger partial charge on any atom is -0.469 e. The van der Waals surface area contributed by atoms with Gasteiger partial charge in [-0.3, -0.25) is 24.0 Å². The molecule has 4 atom stereocenters. The lowest BCUT2D eigenvalue weighted by atomic mass is 9.92. The number of esters is 2. The summed E-state index contributed by atoms with van der Waals surface area (Å²) in [5.41, 5.74) is 0.753. The number of rotatable bonds is 24. The van der Waals surface area contributed by atoms with Crippen LogP contribution in [0.25, 0.3) is 0 Å². The topological polar surface area (TPSA) is 201 Å². The fourth-order valence-electron chi connectivity index (χ4n) is 6.74. The van der Waals surface area contributed by atoms with Gasteiger partial charge in [-0.25, -0.2) is 14.4 Å². The normalized spacial score (nSPS) is 12.5. The Bertz CT molecular complexity index is 1880. The maximum atomic E-state index is 13.4. The molecule has 2 N–H and O–H groups in total. The summed E-state index contributed by atoms with van der Waals surface area (Å²) in [6.07, 6.45) is 2.40. The van der Waals surface area contributed by atoms with Crippen molar-refractivity contribution in [1.82, 2.24) is 15.5 Å². The average molecular weight is 1000 g/mol. The van der Waals surface area contributed by atoms with E-state index in [2.05, 4.69) is 10.6 Å². The molecule has 2 rings (SSSR count). The number of carbonyl (C=O) groups excluding carboxylic acids is 8. The van der Waals surface area contributed by atoms with E-state index in [0.29, 0.717) is 44.4 Å². The van der Waals surface area contributed by atoms with Crippen LogP contribution < -0.4 is 10.6 Å². The molecule has 0 spiro atoms. The van der Waals surface area contributed by atoms with E-state index in [1.807, 2.05) is 109 Å². The molecule has 15 nitrogen and oxygen atoms in total. The van der Waals surface area contributed by atoms with Crippen LogP contribution in [0.2, 0.25) is 0 Å². The van der Waals surface area contributed by atoms with Crippen LogP contribution in [-0.2, 0) is 60.6 Å². The zero-order valence-electron chi connectivity index (χ0n) is 45.7. The van der Waals surface area contributed by atoms with E-state index in [9.17, 15) is 42.7 Å². The number of ketones is 2. The largest absolute Gasteiger partial charge is 0.469 e. The molecule has 0 aliphatic carbocycles. The number of halogens is 1. The molecule has 0 fully saturated rings. The first kappa shape index (κ1) is 67.4. The number of hydrogen-bond acceptors (Lipinski definition) is 12. The Morgan fingerprint density at radius 1 is 0.592 bits per heavy atom. The second kappa shape index (κ2) is 36.3. The standard InChI is InChI=1S/C26H40N2O6.C17H31NO5.C10H11FO.C2H6/c1-18(2)15-22(24(31)33-7)28(23(30)19(3)16-20-11-9-8-10-12-20)14-13-21(29)17-27-25(32)34-26(4,5)6;1-12(2)10-13(15(20)22-6)8-7-9-14(19)11-18-16(21)23-17(3,4)5;1-8(10(11)12)7-9-5-3-2-4-6-9;1-2/h8-12,18-19,22H,13-17H2,1-7H3,(H,27,32);12-13H,7-11H2,1-6H3,(H,18,21);2-6,8H,7H2,1H3;1-2H3/t19-,22-;13-;8-;/m000./s1. The van der Waals surface area contributed by atoms with Crippen LogP contribution in [0, 0.1) is 29.6 Å². The number of methoxy groups -OCH3 is 2. The monoisotopic (exact) mass is 1000 g/mol. The van der Waals surface area contributed by atoms with Crippen LogP contribution in [0.3, 0.4) is 0 Å². The first-order valence-corrected chi connectivity index (χ1v) is 24.8. The highest BCUT2D eigenvalue weighted by molar-refractivity contribution is 5.88. The summed E-state index contributed by atoms with van der Waals surface area (Å²) in [6, 6.07) is 17.0. The van der Waals surface area contributed by atoms with E-state index in [0.717, 1.165) is 17.5 Å². The Kier molecular flexibility index (Phi) is 34.4. The van der Waals surface area contributed by atoms with E-state index in [4.69, 9.17) is 18.9 Å². The molecule has 0 aromatic heterocycles. The molecule has 0 heterocycles. The Labute approximate surface area is 424 Å². The number of alkyl carbamates (subject to hydrolysis) is 2. The molecule has 2 aromatic carbocycles. The van der Waals surface area contributed by atoms with Crippen LogP contribution in [0.15, 0.2) is 60.7 Å². The van der Waals surface area contributed by atoms with Gasteiger partial charge in [0.15, 0.2) is 11.6 Å². The predicted molar refractivity (Wildman–Crippen MR) is 275 cm³/mol. The third-order valence-corrected chi connectivity index (χ3v) is 9.99. The minimum atomic E-state index is -1.24. The molecular weight excluding hydrogens is 914 g/mol. The van der Waals surface area contributed by atoms with E-state index in [1.165, 1.54) is 19.1 Å². The summed E-state index contributed by atoms with van der Waals surface area (Å²) in [7, 11) is 2.67. The number of carbonyl (C=O) groups is 8. The van der Waals surface area contributed by atoms with Gasteiger partial charge in [-0.05, 0) is 103 Å². The fraction of sp³-hybridized carbons (Fsp3) is 0.636. The molecule has 71 heavy (non-hydrogen) atoms. The predicted octanol–water partition coefficient (Wildman–Crippen LogP) is 10.2. The van der Waals surface area contributed by atoms with Gasteiger partial charge in [0.2, 0.25) is 5.91 Å². The lowest BCUT2D eigenvalue weighted by Crippen LogP contribution is -2.49. The summed E-state index contributed by atoms with van der Waals surface area (Å²) in [5, 5.41) is 4.88. The van der Waals surface area contributed by atoms with Crippen LogP contribution in [0.5, 0.6) is 0 Å². The second-order valence-corrected chi connectivity index (χ2v) is 20.0. The molecule has 0 aliphatic rings. The smallest absolute Gasteiger partial charge is 0.408 e. The number of Topliss-reactive ketones (excluding diaryl/α,β-unsaturated/α-hetero) is 2. The van der Waals surface area contributed by atoms with Gasteiger partial charge in [0.05, 0.1) is 39.1 Å². The van der Waals surface area contributed by atoms with Crippen molar-refractivity contribution in [3.63, 3.8) is 0 Å². The van der Waals surface area contributed by atoms with Crippen LogP contribution >= 0.6 is 0 Å². The van der Waals surface area contributed by atoms with Crippen molar-refractivity contribution in [2.45, 2.75) is 166 Å². The van der Waals surface area contributed by atoms with Crippen molar-refractivity contribution in [2.75, 3.05) is 33.9 Å². The number of benzene rings is 2. The Balaban J connectivity index is 0. The molecule has 402 valence electrons. The zero-order valence-corrected chi connectivity index (χ0v) is 45.7. The van der Waals surface area contributed by atoms with Crippen molar-refractivity contribution in [3.8, 4) is 0 Å². The van der Waals surface area contributed by atoms with Gasteiger partial charge >= 0.3 is 30.2 Å². The van der Waals surface area contributed by atoms with Crippen molar-refractivity contribution < 1.29 is 61.7 Å². The van der Waals surface area contributed by atoms with Gasteiger partial charge < -0.3 is 34.5 Å². The molecule has 0 saturated heterocycles. The quantitative estimate of drug-likeness (QED) is 0.0574. The number of nitrogens with zero attached hydrogens (tertiary/aromatic N) is 1. The molecular formula is C55H88FN3O12. The number of hydrogen-bond donors (Lipinski definition) is 2. The third-order valence-electron chi connectivity index (χ3n) is 9.99. The number of ether oxygens (including phenoxy) is 4. The second-order valence-electron chi connectivity index (χ2n) is 20.0. The maximum absolute atomic E-state index is 13.4. The molecule has 0 saturated carbocycles. The first-order chi connectivity index (χ1) is 33.1. The minimum absolute atomic E-state index is 0.00875. The highest BCUT2D eigenvalue weighted by Gasteiger charge is 2.34. The molecule has 3 amide bonds. The van der Waals surface area contributed by atoms with Crippen molar-refractivity contribution in [3.05, 3.63) is 71.8 Å². The van der Waals surface area contributed by atoms with Gasteiger partial charge in [0.25, 0.3) is 0 Å².